The largest absolute Gasteiger partial charge is 0.486 e. The molecule has 243 valence electrons. The molecule has 4 aromatic heterocycles. The molecule has 0 bridgehead atoms. The molecule has 0 aliphatic carbocycles. The van der Waals surface area contributed by atoms with Crippen LogP contribution in [0.4, 0.5) is 0 Å². The van der Waals surface area contributed by atoms with Gasteiger partial charge in [-0.05, 0) is 53.4 Å². The molecule has 47 heavy (non-hydrogen) atoms. The van der Waals surface area contributed by atoms with Crippen molar-refractivity contribution in [1.29, 1.82) is 0 Å². The summed E-state index contributed by atoms with van der Waals surface area (Å²) in [7, 11) is 0.682. The number of hydrogen-bond donors (Lipinski definition) is 0. The molecule has 7 rings (SSSR count). The molecule has 5 nitrogen and oxygen atoms in total. The SMILES string of the molecule is CC(C)Cc1cc(-c2[c-]cccc2)ncc1[Si](C)(C)C.CC(C)c1ccc2c(n1)oc1c(-c3nc4ccccc4n3C)[c-]ccc12.[Ir]. The first-order chi connectivity index (χ1) is 22.0. The van der Waals surface area contributed by atoms with E-state index in [1.54, 1.807) is 0 Å². The first kappa shape index (κ1) is 34.4. The van der Waals surface area contributed by atoms with Gasteiger partial charge in [0, 0.05) is 44.4 Å². The molecule has 0 amide bonds. The second kappa shape index (κ2) is 14.1. The van der Waals surface area contributed by atoms with Crippen molar-refractivity contribution < 1.29 is 24.5 Å². The van der Waals surface area contributed by atoms with Crippen LogP contribution >= 0.6 is 0 Å². The van der Waals surface area contributed by atoms with Crippen LogP contribution in [0.15, 0.2) is 89.5 Å². The van der Waals surface area contributed by atoms with Crippen LogP contribution in [-0.2, 0) is 33.6 Å². The van der Waals surface area contributed by atoms with E-state index in [0.717, 1.165) is 62.1 Å². The Labute approximate surface area is 292 Å². The summed E-state index contributed by atoms with van der Waals surface area (Å²) in [6, 6.07) is 33.2. The predicted molar refractivity (Wildman–Crippen MR) is 194 cm³/mol. The summed E-state index contributed by atoms with van der Waals surface area (Å²) >= 11 is 0. The van der Waals surface area contributed by atoms with Gasteiger partial charge in [0.1, 0.15) is 0 Å². The summed E-state index contributed by atoms with van der Waals surface area (Å²) < 4.78 is 8.27. The molecule has 7 aromatic rings. The summed E-state index contributed by atoms with van der Waals surface area (Å²) in [6.07, 6.45) is 3.24. The van der Waals surface area contributed by atoms with Crippen molar-refractivity contribution in [2.24, 2.45) is 13.0 Å². The van der Waals surface area contributed by atoms with E-state index in [2.05, 4.69) is 106 Å². The third kappa shape index (κ3) is 7.18. The fourth-order valence-corrected chi connectivity index (χ4v) is 7.56. The van der Waals surface area contributed by atoms with Gasteiger partial charge in [-0.1, -0.05) is 82.0 Å². The minimum Gasteiger partial charge on any atom is -0.486 e. The second-order valence-electron chi connectivity index (χ2n) is 13.8. The molecule has 3 aromatic carbocycles. The van der Waals surface area contributed by atoms with Gasteiger partial charge >= 0.3 is 0 Å². The standard InChI is InChI=1S/C22H18N3O.C18H24NSi.Ir/c1-13(2)17-12-11-15-14-7-6-8-16(20(14)26-22(15)24-17)21-23-18-9-4-5-10-19(18)25(21)3;1-14(2)11-16-12-17(15-9-7-6-8-10-15)19-13-18(16)20(3,4)5;/h4-7,9-13H,1-3H3;6-9,12-14H,11H2,1-5H3;/q2*-1;. The van der Waals surface area contributed by atoms with E-state index in [1.807, 2.05) is 55.6 Å². The Morgan fingerprint density at radius 2 is 1.62 bits per heavy atom. The van der Waals surface area contributed by atoms with Crippen molar-refractivity contribution in [2.45, 2.75) is 59.7 Å². The summed E-state index contributed by atoms with van der Waals surface area (Å²) in [5.74, 6) is 1.87. The number of aryl methyl sites for hydroxylation is 1. The van der Waals surface area contributed by atoms with Crippen LogP contribution in [0.2, 0.25) is 19.6 Å². The molecular formula is C40H42IrN4OSi-2. The van der Waals surface area contributed by atoms with Crippen LogP contribution < -0.4 is 5.19 Å². The monoisotopic (exact) mass is 815 g/mol. The van der Waals surface area contributed by atoms with Crippen molar-refractivity contribution in [3.05, 3.63) is 108 Å². The molecule has 0 spiro atoms. The molecule has 1 radical (unpaired) electrons. The second-order valence-corrected chi connectivity index (χ2v) is 18.8. The molecule has 0 aliphatic heterocycles. The molecule has 0 saturated heterocycles. The summed E-state index contributed by atoms with van der Waals surface area (Å²) in [5, 5.41) is 3.56. The first-order valence-corrected chi connectivity index (χ1v) is 19.6. The summed E-state index contributed by atoms with van der Waals surface area (Å²) in [6.45, 7) is 16.0. The van der Waals surface area contributed by atoms with Gasteiger partial charge in [-0.2, -0.15) is 0 Å². The number of fused-ring (bicyclic) bond motifs is 4. The Bertz CT molecular complexity index is 2140. The van der Waals surface area contributed by atoms with E-state index < -0.39 is 8.07 Å². The average Bonchev–Trinajstić information content (AvgIpc) is 3.58. The van der Waals surface area contributed by atoms with Gasteiger partial charge in [-0.3, -0.25) is 4.98 Å². The van der Waals surface area contributed by atoms with E-state index in [9.17, 15) is 0 Å². The Hall–Kier alpha value is -3.90. The third-order valence-electron chi connectivity index (χ3n) is 8.33. The summed E-state index contributed by atoms with van der Waals surface area (Å²) in [4.78, 5) is 14.2. The molecule has 0 fully saturated rings. The van der Waals surface area contributed by atoms with E-state index >= 15 is 0 Å². The van der Waals surface area contributed by atoms with Crippen molar-refractivity contribution in [3.8, 4) is 22.6 Å². The number of rotatable bonds is 6. The molecule has 0 aliphatic rings. The van der Waals surface area contributed by atoms with E-state index in [4.69, 9.17) is 14.4 Å². The normalized spacial score (nSPS) is 11.7. The fourth-order valence-electron chi connectivity index (χ4n) is 5.97. The molecule has 7 heteroatoms. The quantitative estimate of drug-likeness (QED) is 0.124. The maximum absolute atomic E-state index is 6.18. The first-order valence-electron chi connectivity index (χ1n) is 16.1. The smallest absolute Gasteiger partial charge is 0.216 e. The fraction of sp³-hybridized carbons (Fsp3) is 0.275. The molecule has 0 atom stereocenters. The number of hydrogen-bond acceptors (Lipinski definition) is 4. The maximum Gasteiger partial charge on any atom is 0.216 e. The van der Waals surface area contributed by atoms with Crippen LogP contribution in [0.5, 0.6) is 0 Å². The number of furan rings is 1. The minimum atomic E-state index is -1.34. The van der Waals surface area contributed by atoms with E-state index in [0.29, 0.717) is 17.5 Å². The molecule has 0 N–H and O–H groups in total. The van der Waals surface area contributed by atoms with Crippen LogP contribution in [-0.4, -0.2) is 27.6 Å². The number of para-hydroxylation sites is 2. The van der Waals surface area contributed by atoms with Gasteiger partial charge in [-0.25, -0.2) is 4.98 Å². The zero-order chi connectivity index (χ0) is 32.6. The zero-order valence-corrected chi connectivity index (χ0v) is 31.9. The Morgan fingerprint density at radius 3 is 2.30 bits per heavy atom. The van der Waals surface area contributed by atoms with Gasteiger partial charge in [0.25, 0.3) is 0 Å². The predicted octanol–water partition coefficient (Wildman–Crippen LogP) is 9.75. The molecule has 4 heterocycles. The number of imidazole rings is 1. The number of aromatic nitrogens is 4. The van der Waals surface area contributed by atoms with Gasteiger partial charge in [0.05, 0.1) is 30.5 Å². The van der Waals surface area contributed by atoms with Gasteiger partial charge in [0.15, 0.2) is 0 Å². The Balaban J connectivity index is 0.000000188. The number of pyridine rings is 2. The molecule has 0 unspecified atom stereocenters. The van der Waals surface area contributed by atoms with Crippen LogP contribution in [0.1, 0.15) is 44.9 Å². The summed E-state index contributed by atoms with van der Waals surface area (Å²) in [5.41, 5.74) is 9.01. The van der Waals surface area contributed by atoms with Crippen molar-refractivity contribution in [3.63, 3.8) is 0 Å². The Kier molecular flexibility index (Phi) is 10.3. The Morgan fingerprint density at radius 1 is 0.851 bits per heavy atom. The topological polar surface area (TPSA) is 56.7 Å². The van der Waals surface area contributed by atoms with Crippen LogP contribution in [0.3, 0.4) is 0 Å². The third-order valence-corrected chi connectivity index (χ3v) is 10.4. The van der Waals surface area contributed by atoms with Crippen molar-refractivity contribution in [2.75, 3.05) is 0 Å². The minimum absolute atomic E-state index is 0. The van der Waals surface area contributed by atoms with Crippen molar-refractivity contribution >= 4 is 46.4 Å². The molecular weight excluding hydrogens is 773 g/mol. The van der Waals surface area contributed by atoms with Crippen LogP contribution in [0, 0.1) is 18.1 Å². The van der Waals surface area contributed by atoms with Gasteiger partial charge in [0.2, 0.25) is 5.71 Å². The van der Waals surface area contributed by atoms with Gasteiger partial charge in [-0.15, -0.1) is 54.1 Å². The number of benzene rings is 3. The number of nitrogens with zero attached hydrogens (tertiary/aromatic N) is 4. The maximum atomic E-state index is 6.18. The van der Waals surface area contributed by atoms with E-state index in [-0.39, 0.29) is 20.1 Å². The zero-order valence-electron chi connectivity index (χ0n) is 28.5. The van der Waals surface area contributed by atoms with Crippen molar-refractivity contribution in [1.82, 2.24) is 19.5 Å². The molecule has 0 saturated carbocycles. The average molecular weight is 815 g/mol. The van der Waals surface area contributed by atoms with E-state index in [1.165, 1.54) is 10.8 Å². The van der Waals surface area contributed by atoms with Crippen LogP contribution in [0.25, 0.3) is 55.7 Å². The van der Waals surface area contributed by atoms with Gasteiger partial charge < -0.3 is 14.0 Å².